The van der Waals surface area contributed by atoms with Crippen molar-refractivity contribution in [1.82, 2.24) is 10.2 Å². The van der Waals surface area contributed by atoms with Gasteiger partial charge >= 0.3 is 5.97 Å². The van der Waals surface area contributed by atoms with Crippen LogP contribution in [0.25, 0.3) is 0 Å². The van der Waals surface area contributed by atoms with Crippen LogP contribution < -0.4 is 5.32 Å². The lowest BCUT2D eigenvalue weighted by atomic mass is 10.1. The zero-order valence-electron chi connectivity index (χ0n) is 15.0. The third-order valence-electron chi connectivity index (χ3n) is 4.42. The van der Waals surface area contributed by atoms with E-state index >= 15 is 0 Å². The van der Waals surface area contributed by atoms with Crippen molar-refractivity contribution in [2.24, 2.45) is 0 Å². The Balaban J connectivity index is 1.63. The van der Waals surface area contributed by atoms with E-state index in [1.807, 2.05) is 6.07 Å². The molecule has 2 aromatic carbocycles. The predicted octanol–water partition coefficient (Wildman–Crippen LogP) is 2.32. The summed E-state index contributed by atoms with van der Waals surface area (Å²) in [7, 11) is 0. The Hall–Kier alpha value is -3.15. The van der Waals surface area contributed by atoms with Crippen LogP contribution in [0.4, 0.5) is 0 Å². The number of amides is 2. The fraction of sp³-hybridized carbons (Fsp3) is 0.286. The lowest BCUT2D eigenvalue weighted by Gasteiger charge is -2.23. The number of hydrogen-bond donors (Lipinski definition) is 1. The first-order valence-electron chi connectivity index (χ1n) is 9.01. The number of ether oxygens (including phenoxy) is 1. The minimum Gasteiger partial charge on any atom is -0.446 e. The van der Waals surface area contributed by atoms with Crippen molar-refractivity contribution in [1.29, 1.82) is 0 Å². The van der Waals surface area contributed by atoms with Crippen molar-refractivity contribution >= 4 is 17.8 Å². The van der Waals surface area contributed by atoms with Crippen LogP contribution in [-0.2, 0) is 14.3 Å². The van der Waals surface area contributed by atoms with Gasteiger partial charge in [0, 0.05) is 24.2 Å². The van der Waals surface area contributed by atoms with Gasteiger partial charge in [0.1, 0.15) is 6.54 Å². The summed E-state index contributed by atoms with van der Waals surface area (Å²) in [6, 6.07) is 17.6. The van der Waals surface area contributed by atoms with Gasteiger partial charge in [-0.05, 0) is 25.0 Å². The van der Waals surface area contributed by atoms with Crippen LogP contribution in [0, 0.1) is 0 Å². The molecule has 6 nitrogen and oxygen atoms in total. The van der Waals surface area contributed by atoms with Gasteiger partial charge in [-0.15, -0.1) is 0 Å². The minimum absolute atomic E-state index is 0.221. The molecule has 3 rings (SSSR count). The van der Waals surface area contributed by atoms with E-state index < -0.39 is 12.1 Å². The summed E-state index contributed by atoms with van der Waals surface area (Å²) in [5.41, 5.74) is 1.08. The Labute approximate surface area is 158 Å². The molecule has 2 amide bonds. The molecule has 1 aliphatic rings. The van der Waals surface area contributed by atoms with Gasteiger partial charge in [-0.1, -0.05) is 48.5 Å². The molecule has 0 spiro atoms. The molecule has 1 saturated heterocycles. The number of benzene rings is 2. The van der Waals surface area contributed by atoms with Crippen molar-refractivity contribution in [2.45, 2.75) is 18.9 Å². The molecule has 2 aromatic rings. The maximum absolute atomic E-state index is 12.8. The van der Waals surface area contributed by atoms with Crippen molar-refractivity contribution < 1.29 is 19.1 Å². The van der Waals surface area contributed by atoms with Crippen LogP contribution in [0.2, 0.25) is 0 Å². The first-order valence-corrected chi connectivity index (χ1v) is 9.01. The highest BCUT2D eigenvalue weighted by Gasteiger charge is 2.30. The van der Waals surface area contributed by atoms with E-state index in [1.165, 1.54) is 0 Å². The van der Waals surface area contributed by atoms with E-state index in [9.17, 15) is 14.4 Å². The number of nitrogens with zero attached hydrogens (tertiary/aromatic N) is 1. The zero-order valence-corrected chi connectivity index (χ0v) is 15.0. The van der Waals surface area contributed by atoms with E-state index in [2.05, 4.69) is 5.32 Å². The topological polar surface area (TPSA) is 75.7 Å². The van der Waals surface area contributed by atoms with E-state index in [0.717, 1.165) is 12.8 Å². The second-order valence-electron chi connectivity index (χ2n) is 6.36. The Bertz CT molecular complexity index is 786. The summed E-state index contributed by atoms with van der Waals surface area (Å²) in [5, 5.41) is 2.53. The molecule has 0 bridgehead atoms. The molecule has 0 saturated carbocycles. The third kappa shape index (κ3) is 4.94. The van der Waals surface area contributed by atoms with Gasteiger partial charge in [0.05, 0.1) is 0 Å². The fourth-order valence-corrected chi connectivity index (χ4v) is 3.01. The molecule has 6 heteroatoms. The molecule has 0 aromatic heterocycles. The Kier molecular flexibility index (Phi) is 6.20. The highest BCUT2D eigenvalue weighted by molar-refractivity contribution is 5.96. The number of nitrogens with one attached hydrogen (secondary N) is 1. The Morgan fingerprint density at radius 2 is 1.52 bits per heavy atom. The summed E-state index contributed by atoms with van der Waals surface area (Å²) in [4.78, 5) is 38.8. The largest absolute Gasteiger partial charge is 0.446 e. The van der Waals surface area contributed by atoms with E-state index in [1.54, 1.807) is 59.5 Å². The summed E-state index contributed by atoms with van der Waals surface area (Å²) in [6.07, 6.45) is 0.910. The van der Waals surface area contributed by atoms with Crippen LogP contribution in [0.1, 0.15) is 34.9 Å². The van der Waals surface area contributed by atoms with Crippen molar-refractivity contribution in [3.05, 3.63) is 71.8 Å². The monoisotopic (exact) mass is 366 g/mol. The molecule has 0 unspecified atom stereocenters. The van der Waals surface area contributed by atoms with Crippen LogP contribution in [0.15, 0.2) is 60.7 Å². The van der Waals surface area contributed by atoms with E-state index in [0.29, 0.717) is 24.2 Å². The Morgan fingerprint density at radius 3 is 2.15 bits per heavy atom. The van der Waals surface area contributed by atoms with Crippen molar-refractivity contribution in [3.8, 4) is 0 Å². The second kappa shape index (κ2) is 8.98. The van der Waals surface area contributed by atoms with Gasteiger partial charge in [0.2, 0.25) is 6.10 Å². The molecule has 140 valence electrons. The molecule has 1 aliphatic heterocycles. The molecular weight excluding hydrogens is 344 g/mol. The number of carbonyl (C=O) groups excluding carboxylic acids is 3. The van der Waals surface area contributed by atoms with Gasteiger partial charge in [-0.25, -0.2) is 0 Å². The molecule has 0 aliphatic carbocycles. The molecule has 1 N–H and O–H groups in total. The van der Waals surface area contributed by atoms with Crippen LogP contribution in [-0.4, -0.2) is 42.3 Å². The molecule has 1 fully saturated rings. The number of hydrogen-bond acceptors (Lipinski definition) is 4. The van der Waals surface area contributed by atoms with Gasteiger partial charge in [0.25, 0.3) is 11.8 Å². The molecule has 27 heavy (non-hydrogen) atoms. The van der Waals surface area contributed by atoms with Crippen molar-refractivity contribution in [3.63, 3.8) is 0 Å². The van der Waals surface area contributed by atoms with Crippen LogP contribution >= 0.6 is 0 Å². The van der Waals surface area contributed by atoms with Gasteiger partial charge in [0.15, 0.2) is 0 Å². The van der Waals surface area contributed by atoms with Gasteiger partial charge < -0.3 is 15.0 Å². The van der Waals surface area contributed by atoms with Gasteiger partial charge in [-0.2, -0.15) is 0 Å². The normalized spacial score (nSPS) is 14.4. The SMILES string of the molecule is O=C(CNC(=O)c1ccccc1)O[C@@H](C(=O)N1CCCC1)c1ccccc1. The standard InChI is InChI=1S/C21H22N2O4/c24-18(15-22-20(25)17-11-5-2-6-12-17)27-19(16-9-3-1-4-10-16)21(26)23-13-7-8-14-23/h1-6,9-12,19H,7-8,13-15H2,(H,22,25)/t19-/m1/s1. The Morgan fingerprint density at radius 1 is 0.926 bits per heavy atom. The molecular formula is C21H22N2O4. The van der Waals surface area contributed by atoms with Crippen molar-refractivity contribution in [2.75, 3.05) is 19.6 Å². The summed E-state index contributed by atoms with van der Waals surface area (Å²) in [5.74, 6) is -1.24. The quantitative estimate of drug-likeness (QED) is 0.796. The lowest BCUT2D eigenvalue weighted by molar-refractivity contribution is -0.159. The predicted molar refractivity (Wildman–Crippen MR) is 99.9 cm³/mol. The minimum atomic E-state index is -0.995. The first kappa shape index (κ1) is 18.6. The molecule has 1 heterocycles. The summed E-state index contributed by atoms with van der Waals surface area (Å²) >= 11 is 0. The average molecular weight is 366 g/mol. The van der Waals surface area contributed by atoms with Crippen LogP contribution in [0.5, 0.6) is 0 Å². The highest BCUT2D eigenvalue weighted by Crippen LogP contribution is 2.22. The maximum Gasteiger partial charge on any atom is 0.326 e. The second-order valence-corrected chi connectivity index (χ2v) is 6.36. The van der Waals surface area contributed by atoms with E-state index in [4.69, 9.17) is 4.74 Å². The summed E-state index contributed by atoms with van der Waals surface area (Å²) < 4.78 is 5.45. The van der Waals surface area contributed by atoms with Crippen LogP contribution in [0.3, 0.4) is 0 Å². The fourth-order valence-electron chi connectivity index (χ4n) is 3.01. The number of likely N-dealkylation sites (tertiary alicyclic amines) is 1. The number of esters is 1. The highest BCUT2D eigenvalue weighted by atomic mass is 16.5. The smallest absolute Gasteiger partial charge is 0.326 e. The third-order valence-corrected chi connectivity index (χ3v) is 4.42. The van der Waals surface area contributed by atoms with Gasteiger partial charge in [-0.3, -0.25) is 14.4 Å². The maximum atomic E-state index is 12.8. The molecule has 0 radical (unpaired) electrons. The summed E-state index contributed by atoms with van der Waals surface area (Å²) in [6.45, 7) is 1.04. The molecule has 1 atom stereocenters. The van der Waals surface area contributed by atoms with E-state index in [-0.39, 0.29) is 18.4 Å². The zero-order chi connectivity index (χ0) is 19.1. The average Bonchev–Trinajstić information content (AvgIpc) is 3.26. The lowest BCUT2D eigenvalue weighted by Crippen LogP contribution is -2.37. The number of rotatable bonds is 6. The number of carbonyl (C=O) groups is 3. The first-order chi connectivity index (χ1) is 13.1.